The topological polar surface area (TPSA) is 83.8 Å². The minimum Gasteiger partial charge on any atom is -0.504 e. The molecule has 1 atom stereocenters. The molecule has 1 aromatic rings. The molecular weight excluding hydrogens is 244 g/mol. The molecule has 1 aromatic carbocycles. The minimum atomic E-state index is -4.29. The third-order valence-corrected chi connectivity index (χ3v) is 3.52. The first-order valence-electron chi connectivity index (χ1n) is 4.76. The summed E-state index contributed by atoms with van der Waals surface area (Å²) in [5.74, 6) is 0.0319. The Hall–Kier alpha value is -1.53. The molecule has 0 saturated heterocycles. The molecule has 0 heterocycles. The molecule has 0 radical (unpaired) electrons. The van der Waals surface area contributed by atoms with E-state index in [1.165, 1.54) is 32.2 Å². The predicted octanol–water partition coefficient (Wildman–Crippen LogP) is 1.91. The van der Waals surface area contributed by atoms with E-state index in [0.717, 1.165) is 0 Å². The van der Waals surface area contributed by atoms with Crippen molar-refractivity contribution in [2.45, 2.75) is 12.2 Å². The van der Waals surface area contributed by atoms with Gasteiger partial charge in [0.15, 0.2) is 11.5 Å². The molecule has 0 bridgehead atoms. The highest BCUT2D eigenvalue weighted by Gasteiger charge is 2.26. The molecule has 0 aliphatic heterocycles. The number of benzene rings is 1. The van der Waals surface area contributed by atoms with Crippen molar-refractivity contribution in [1.29, 1.82) is 0 Å². The first-order valence-corrected chi connectivity index (χ1v) is 6.26. The zero-order valence-electron chi connectivity index (χ0n) is 9.54. The highest BCUT2D eigenvalue weighted by Crippen LogP contribution is 2.34. The van der Waals surface area contributed by atoms with E-state index in [1.807, 2.05) is 0 Å². The molecule has 0 aliphatic carbocycles. The van der Waals surface area contributed by atoms with Crippen LogP contribution in [-0.4, -0.2) is 25.2 Å². The van der Waals surface area contributed by atoms with E-state index in [2.05, 4.69) is 6.58 Å². The molecule has 17 heavy (non-hydrogen) atoms. The molecule has 0 spiro atoms. The van der Waals surface area contributed by atoms with Crippen molar-refractivity contribution in [3.8, 4) is 11.5 Å². The summed E-state index contributed by atoms with van der Waals surface area (Å²) in [4.78, 5) is 0. The van der Waals surface area contributed by atoms with Crippen LogP contribution in [0.3, 0.4) is 0 Å². The standard InChI is InChI=1S/C11H14O5S/c1-7(2)11(17(13,14)15)8-4-5-9(12)10(6-8)16-3/h4-6,11-12H,1H2,2-3H3,(H,13,14,15). The van der Waals surface area contributed by atoms with E-state index in [4.69, 9.17) is 9.29 Å². The zero-order chi connectivity index (χ0) is 13.2. The summed E-state index contributed by atoms with van der Waals surface area (Å²) >= 11 is 0. The van der Waals surface area contributed by atoms with Gasteiger partial charge in [-0.25, -0.2) is 0 Å². The number of ether oxygens (including phenoxy) is 1. The molecule has 94 valence electrons. The molecule has 0 amide bonds. The van der Waals surface area contributed by atoms with E-state index in [-0.39, 0.29) is 22.6 Å². The number of hydrogen-bond acceptors (Lipinski definition) is 4. The first kappa shape index (κ1) is 13.5. The number of phenolic OH excluding ortho intramolecular Hbond substituents is 1. The van der Waals surface area contributed by atoms with Crippen LogP contribution in [-0.2, 0) is 10.1 Å². The minimum absolute atomic E-state index is 0.105. The van der Waals surface area contributed by atoms with Crippen LogP contribution in [0.4, 0.5) is 0 Å². The Balaban J connectivity index is 3.35. The lowest BCUT2D eigenvalue weighted by molar-refractivity contribution is 0.373. The van der Waals surface area contributed by atoms with E-state index >= 15 is 0 Å². The van der Waals surface area contributed by atoms with Gasteiger partial charge in [-0.1, -0.05) is 18.2 Å². The number of phenols is 1. The molecular formula is C11H14O5S. The largest absolute Gasteiger partial charge is 0.504 e. The lowest BCUT2D eigenvalue weighted by Crippen LogP contribution is -2.13. The van der Waals surface area contributed by atoms with Crippen molar-refractivity contribution in [1.82, 2.24) is 0 Å². The van der Waals surface area contributed by atoms with Crippen LogP contribution >= 0.6 is 0 Å². The molecule has 0 saturated carbocycles. The van der Waals surface area contributed by atoms with Crippen LogP contribution in [0.25, 0.3) is 0 Å². The number of rotatable bonds is 4. The summed E-state index contributed by atoms with van der Waals surface area (Å²) in [7, 11) is -2.94. The van der Waals surface area contributed by atoms with Gasteiger partial charge in [0.1, 0.15) is 5.25 Å². The van der Waals surface area contributed by atoms with Gasteiger partial charge in [0.25, 0.3) is 10.1 Å². The van der Waals surface area contributed by atoms with Crippen LogP contribution in [0, 0.1) is 0 Å². The molecule has 0 aromatic heterocycles. The van der Waals surface area contributed by atoms with Crippen molar-refractivity contribution in [2.24, 2.45) is 0 Å². The number of hydrogen-bond donors (Lipinski definition) is 2. The van der Waals surface area contributed by atoms with E-state index in [1.54, 1.807) is 0 Å². The summed E-state index contributed by atoms with van der Waals surface area (Å²) in [5.41, 5.74) is 0.565. The van der Waals surface area contributed by atoms with Gasteiger partial charge in [-0.05, 0) is 24.6 Å². The highest BCUT2D eigenvalue weighted by molar-refractivity contribution is 7.86. The number of aromatic hydroxyl groups is 1. The van der Waals surface area contributed by atoms with Crippen LogP contribution in [0.15, 0.2) is 30.4 Å². The van der Waals surface area contributed by atoms with Gasteiger partial charge in [-0.15, -0.1) is 0 Å². The van der Waals surface area contributed by atoms with Gasteiger partial charge in [0, 0.05) is 0 Å². The van der Waals surface area contributed by atoms with Gasteiger partial charge in [-0.3, -0.25) is 4.55 Å². The maximum absolute atomic E-state index is 11.2. The zero-order valence-corrected chi connectivity index (χ0v) is 10.4. The van der Waals surface area contributed by atoms with Crippen molar-refractivity contribution < 1.29 is 22.8 Å². The third-order valence-electron chi connectivity index (χ3n) is 2.25. The Labute approximate surface area is 100 Å². The summed E-state index contributed by atoms with van der Waals surface area (Å²) in [6, 6.07) is 4.04. The van der Waals surface area contributed by atoms with Crippen molar-refractivity contribution in [3.05, 3.63) is 35.9 Å². The molecule has 2 N–H and O–H groups in total. The smallest absolute Gasteiger partial charge is 0.275 e. The van der Waals surface area contributed by atoms with Gasteiger partial charge in [0.05, 0.1) is 7.11 Å². The predicted molar refractivity (Wildman–Crippen MR) is 63.8 cm³/mol. The van der Waals surface area contributed by atoms with Crippen LogP contribution in [0.5, 0.6) is 11.5 Å². The second kappa shape index (κ2) is 4.77. The maximum Gasteiger partial charge on any atom is 0.275 e. The summed E-state index contributed by atoms with van der Waals surface area (Å²) in [6.45, 7) is 5.03. The SMILES string of the molecule is C=C(C)C(c1ccc(O)c(OC)c1)S(=O)(=O)O. The second-order valence-electron chi connectivity index (χ2n) is 3.67. The average Bonchev–Trinajstić information content (AvgIpc) is 2.18. The fraction of sp³-hybridized carbons (Fsp3) is 0.273. The molecule has 6 heteroatoms. The van der Waals surface area contributed by atoms with E-state index in [0.29, 0.717) is 0 Å². The molecule has 0 aliphatic rings. The first-order chi connectivity index (χ1) is 7.77. The molecule has 0 fully saturated rings. The molecule has 1 rings (SSSR count). The molecule has 1 unspecified atom stereocenters. The quantitative estimate of drug-likeness (QED) is 0.636. The Morgan fingerprint density at radius 1 is 1.47 bits per heavy atom. The van der Waals surface area contributed by atoms with Crippen LogP contribution < -0.4 is 4.74 Å². The Morgan fingerprint density at radius 2 is 2.06 bits per heavy atom. The monoisotopic (exact) mass is 258 g/mol. The fourth-order valence-corrected chi connectivity index (χ4v) is 2.57. The van der Waals surface area contributed by atoms with Crippen LogP contribution in [0.1, 0.15) is 17.7 Å². The lowest BCUT2D eigenvalue weighted by atomic mass is 10.1. The van der Waals surface area contributed by atoms with Gasteiger partial charge >= 0.3 is 0 Å². The van der Waals surface area contributed by atoms with Crippen molar-refractivity contribution in [2.75, 3.05) is 7.11 Å². The summed E-state index contributed by atoms with van der Waals surface area (Å²) in [5, 5.41) is 8.17. The van der Waals surface area contributed by atoms with Crippen LogP contribution in [0.2, 0.25) is 0 Å². The Bertz CT molecular complexity index is 533. The van der Waals surface area contributed by atoms with E-state index in [9.17, 15) is 13.5 Å². The normalized spacial score (nSPS) is 13.1. The second-order valence-corrected chi connectivity index (χ2v) is 5.17. The highest BCUT2D eigenvalue weighted by atomic mass is 32.2. The summed E-state index contributed by atoms with van der Waals surface area (Å²) < 4.78 is 36.5. The average molecular weight is 258 g/mol. The lowest BCUT2D eigenvalue weighted by Gasteiger charge is -2.15. The van der Waals surface area contributed by atoms with Gasteiger partial charge in [0.2, 0.25) is 0 Å². The van der Waals surface area contributed by atoms with Gasteiger partial charge in [-0.2, -0.15) is 8.42 Å². The Kier molecular flexibility index (Phi) is 3.79. The van der Waals surface area contributed by atoms with Crippen molar-refractivity contribution in [3.63, 3.8) is 0 Å². The Morgan fingerprint density at radius 3 is 2.47 bits per heavy atom. The third kappa shape index (κ3) is 2.98. The van der Waals surface area contributed by atoms with Crippen molar-refractivity contribution >= 4 is 10.1 Å². The molecule has 5 nitrogen and oxygen atoms in total. The number of methoxy groups -OCH3 is 1. The maximum atomic E-state index is 11.2. The fourth-order valence-electron chi connectivity index (χ4n) is 1.57. The van der Waals surface area contributed by atoms with E-state index < -0.39 is 15.4 Å². The van der Waals surface area contributed by atoms with Gasteiger partial charge < -0.3 is 9.84 Å². The summed E-state index contributed by atoms with van der Waals surface area (Å²) in [6.07, 6.45) is 0.